The van der Waals surface area contributed by atoms with E-state index in [0.717, 1.165) is 19.4 Å². The maximum absolute atomic E-state index is 11.5. The highest BCUT2D eigenvalue weighted by molar-refractivity contribution is 5.80. The van der Waals surface area contributed by atoms with Gasteiger partial charge in [-0.3, -0.25) is 4.79 Å². The molecule has 1 fully saturated rings. The van der Waals surface area contributed by atoms with Gasteiger partial charge in [0.15, 0.2) is 0 Å². The molecule has 1 aliphatic heterocycles. The average molecular weight is 266 g/mol. The lowest BCUT2D eigenvalue weighted by Crippen LogP contribution is -2.36. The van der Waals surface area contributed by atoms with Crippen molar-refractivity contribution in [2.24, 2.45) is 0 Å². The number of carbonyl (C=O) groups is 1. The summed E-state index contributed by atoms with van der Waals surface area (Å²) >= 11 is 0. The molecule has 1 amide bonds. The van der Waals surface area contributed by atoms with Crippen molar-refractivity contribution >= 4 is 5.91 Å². The normalized spacial score (nSPS) is 16.7. The standard InChI is InChI=1S/C9H14N2O2.C4H8N2/c1-11(6-3-5-10)9(12)8-4-2-7-13-8;1-6-4-2-3-5/h8H,2-4,6-7H2,1H3;6H,2,4H2,1H3. The highest BCUT2D eigenvalue weighted by atomic mass is 16.5. The number of likely N-dealkylation sites (N-methyl/N-ethyl adjacent to an activating group) is 1. The fraction of sp³-hybridized carbons (Fsp3) is 0.769. The van der Waals surface area contributed by atoms with Gasteiger partial charge in [0.25, 0.3) is 5.91 Å². The van der Waals surface area contributed by atoms with Gasteiger partial charge in [-0.05, 0) is 19.9 Å². The number of carbonyl (C=O) groups excluding carboxylic acids is 1. The summed E-state index contributed by atoms with van der Waals surface area (Å²) in [5, 5.41) is 19.1. The third-order valence-corrected chi connectivity index (χ3v) is 2.63. The Bertz CT molecular complexity index is 327. The van der Waals surface area contributed by atoms with Crippen molar-refractivity contribution in [1.82, 2.24) is 10.2 Å². The van der Waals surface area contributed by atoms with Gasteiger partial charge < -0.3 is 15.0 Å². The van der Waals surface area contributed by atoms with Gasteiger partial charge in [0.2, 0.25) is 0 Å². The fourth-order valence-electron chi connectivity index (χ4n) is 1.53. The quantitative estimate of drug-likeness (QED) is 0.738. The smallest absolute Gasteiger partial charge is 0.251 e. The van der Waals surface area contributed by atoms with Gasteiger partial charge in [-0.15, -0.1) is 0 Å². The van der Waals surface area contributed by atoms with Crippen LogP contribution in [0.2, 0.25) is 0 Å². The lowest BCUT2D eigenvalue weighted by Gasteiger charge is -2.18. The molecule has 0 aromatic rings. The van der Waals surface area contributed by atoms with Crippen LogP contribution in [0.5, 0.6) is 0 Å². The molecule has 1 saturated heterocycles. The molecule has 1 atom stereocenters. The highest BCUT2D eigenvalue weighted by Crippen LogP contribution is 2.13. The summed E-state index contributed by atoms with van der Waals surface area (Å²) in [6.45, 7) is 1.98. The molecule has 6 heteroatoms. The number of rotatable bonds is 5. The zero-order valence-electron chi connectivity index (χ0n) is 11.7. The van der Waals surface area contributed by atoms with Crippen molar-refractivity contribution in [3.05, 3.63) is 0 Å². The molecule has 0 aromatic heterocycles. The molecule has 1 aliphatic rings. The number of hydrogen-bond donors (Lipinski definition) is 1. The molecule has 1 N–H and O–H groups in total. The summed E-state index contributed by atoms with van der Waals surface area (Å²) in [6.07, 6.45) is 2.51. The van der Waals surface area contributed by atoms with E-state index in [1.165, 1.54) is 0 Å². The first-order chi connectivity index (χ1) is 9.17. The Morgan fingerprint density at radius 1 is 1.42 bits per heavy atom. The van der Waals surface area contributed by atoms with E-state index >= 15 is 0 Å². The molecule has 0 spiro atoms. The van der Waals surface area contributed by atoms with Crippen molar-refractivity contribution in [3.8, 4) is 12.1 Å². The predicted molar refractivity (Wildman–Crippen MR) is 71.0 cm³/mol. The highest BCUT2D eigenvalue weighted by Gasteiger charge is 2.25. The molecule has 0 radical (unpaired) electrons. The average Bonchev–Trinajstić information content (AvgIpc) is 2.96. The van der Waals surface area contributed by atoms with Crippen molar-refractivity contribution in [1.29, 1.82) is 10.5 Å². The second-order valence-corrected chi connectivity index (χ2v) is 4.18. The lowest BCUT2D eigenvalue weighted by molar-refractivity contribution is -0.139. The van der Waals surface area contributed by atoms with Crippen LogP contribution < -0.4 is 5.32 Å². The number of hydrogen-bond acceptors (Lipinski definition) is 5. The SMILES string of the molecule is CN(CCC#N)C(=O)C1CCCO1.CNCCC#N. The van der Waals surface area contributed by atoms with Gasteiger partial charge >= 0.3 is 0 Å². The van der Waals surface area contributed by atoms with Crippen LogP contribution in [0.15, 0.2) is 0 Å². The van der Waals surface area contributed by atoms with Crippen molar-refractivity contribution in [2.45, 2.75) is 31.8 Å². The second kappa shape index (κ2) is 11.5. The van der Waals surface area contributed by atoms with Crippen LogP contribution in [0.1, 0.15) is 25.7 Å². The van der Waals surface area contributed by atoms with Crippen molar-refractivity contribution in [3.63, 3.8) is 0 Å². The Morgan fingerprint density at radius 2 is 2.11 bits per heavy atom. The van der Waals surface area contributed by atoms with Crippen molar-refractivity contribution in [2.75, 3.05) is 33.8 Å². The van der Waals surface area contributed by atoms with Crippen LogP contribution in [0, 0.1) is 22.7 Å². The predicted octanol–water partition coefficient (Wildman–Crippen LogP) is 0.657. The minimum Gasteiger partial charge on any atom is -0.368 e. The Kier molecular flexibility index (Phi) is 10.5. The van der Waals surface area contributed by atoms with Gasteiger partial charge in [0.05, 0.1) is 18.6 Å². The molecule has 0 aliphatic carbocycles. The van der Waals surface area contributed by atoms with Gasteiger partial charge in [0, 0.05) is 33.2 Å². The van der Waals surface area contributed by atoms with Gasteiger partial charge in [0.1, 0.15) is 6.10 Å². The van der Waals surface area contributed by atoms with E-state index in [2.05, 4.69) is 5.32 Å². The van der Waals surface area contributed by atoms with Gasteiger partial charge in [-0.1, -0.05) is 0 Å². The van der Waals surface area contributed by atoms with Crippen LogP contribution in [0.3, 0.4) is 0 Å². The van der Waals surface area contributed by atoms with E-state index in [4.69, 9.17) is 15.3 Å². The lowest BCUT2D eigenvalue weighted by atomic mass is 10.2. The van der Waals surface area contributed by atoms with Crippen LogP contribution in [0.4, 0.5) is 0 Å². The minimum atomic E-state index is -0.260. The molecule has 19 heavy (non-hydrogen) atoms. The molecular weight excluding hydrogens is 244 g/mol. The summed E-state index contributed by atoms with van der Waals surface area (Å²) in [5.74, 6) is 0.00718. The Balaban J connectivity index is 0.000000459. The van der Waals surface area contributed by atoms with Crippen LogP contribution >= 0.6 is 0 Å². The summed E-state index contributed by atoms with van der Waals surface area (Å²) < 4.78 is 5.24. The minimum absolute atomic E-state index is 0.00718. The maximum Gasteiger partial charge on any atom is 0.251 e. The molecule has 0 bridgehead atoms. The van der Waals surface area contributed by atoms with Crippen LogP contribution in [-0.4, -0.2) is 50.7 Å². The van der Waals surface area contributed by atoms with Crippen molar-refractivity contribution < 1.29 is 9.53 Å². The largest absolute Gasteiger partial charge is 0.368 e. The molecule has 106 valence electrons. The number of nitrogens with zero attached hydrogens (tertiary/aromatic N) is 3. The third-order valence-electron chi connectivity index (χ3n) is 2.63. The molecule has 1 heterocycles. The number of amides is 1. The van der Waals surface area contributed by atoms with E-state index in [-0.39, 0.29) is 12.0 Å². The fourth-order valence-corrected chi connectivity index (χ4v) is 1.53. The number of nitriles is 2. The Labute approximate surface area is 114 Å². The first kappa shape index (κ1) is 17.4. The number of nitrogens with one attached hydrogen (secondary N) is 1. The monoisotopic (exact) mass is 266 g/mol. The van der Waals surface area contributed by atoms with Crippen LogP contribution in [-0.2, 0) is 9.53 Å². The van der Waals surface area contributed by atoms with Gasteiger partial charge in [-0.2, -0.15) is 10.5 Å². The van der Waals surface area contributed by atoms with Gasteiger partial charge in [-0.25, -0.2) is 0 Å². The van der Waals surface area contributed by atoms with E-state index in [1.807, 2.05) is 19.2 Å². The summed E-state index contributed by atoms with van der Waals surface area (Å²) in [6, 6.07) is 4.02. The third kappa shape index (κ3) is 8.15. The maximum atomic E-state index is 11.5. The zero-order valence-corrected chi connectivity index (χ0v) is 11.7. The summed E-state index contributed by atoms with van der Waals surface area (Å²) in [5.41, 5.74) is 0. The molecule has 6 nitrogen and oxygen atoms in total. The second-order valence-electron chi connectivity index (χ2n) is 4.18. The molecule has 1 rings (SSSR count). The zero-order chi connectivity index (χ0) is 14.5. The number of ether oxygens (including phenoxy) is 1. The molecule has 1 unspecified atom stereocenters. The van der Waals surface area contributed by atoms with E-state index in [0.29, 0.717) is 26.0 Å². The van der Waals surface area contributed by atoms with E-state index in [1.54, 1.807) is 11.9 Å². The topological polar surface area (TPSA) is 89.2 Å². The van der Waals surface area contributed by atoms with Crippen LogP contribution in [0.25, 0.3) is 0 Å². The first-order valence-corrected chi connectivity index (χ1v) is 6.42. The first-order valence-electron chi connectivity index (χ1n) is 6.42. The van der Waals surface area contributed by atoms with E-state index in [9.17, 15) is 4.79 Å². The molecular formula is C13H22N4O2. The van der Waals surface area contributed by atoms with E-state index < -0.39 is 0 Å². The molecule has 0 aromatic carbocycles. The molecule has 0 saturated carbocycles. The Hall–Kier alpha value is -1.63. The Morgan fingerprint density at radius 3 is 2.53 bits per heavy atom. The summed E-state index contributed by atoms with van der Waals surface area (Å²) in [4.78, 5) is 13.1. The summed E-state index contributed by atoms with van der Waals surface area (Å²) in [7, 11) is 3.54.